The van der Waals surface area contributed by atoms with Crippen molar-refractivity contribution in [2.24, 2.45) is 11.3 Å². The van der Waals surface area contributed by atoms with Crippen LogP contribution in [0.5, 0.6) is 0 Å². The number of hydrogen-bond acceptors (Lipinski definition) is 5. The van der Waals surface area contributed by atoms with Gasteiger partial charge in [-0.05, 0) is 11.5 Å². The first-order valence-corrected chi connectivity index (χ1v) is 7.80. The van der Waals surface area contributed by atoms with Crippen LogP contribution in [0.2, 0.25) is 0 Å². The van der Waals surface area contributed by atoms with Crippen molar-refractivity contribution in [3.63, 3.8) is 0 Å². The van der Waals surface area contributed by atoms with Gasteiger partial charge < -0.3 is 24.4 Å². The molecule has 2 rings (SSSR count). The molecule has 2 saturated heterocycles. The van der Waals surface area contributed by atoms with E-state index in [2.05, 4.69) is 25.7 Å². The lowest BCUT2D eigenvalue weighted by atomic mass is 9.75. The van der Waals surface area contributed by atoms with E-state index < -0.39 is 5.79 Å². The van der Waals surface area contributed by atoms with Crippen LogP contribution in [0.15, 0.2) is 12.7 Å². The lowest BCUT2D eigenvalue weighted by Gasteiger charge is -2.39. The van der Waals surface area contributed by atoms with Gasteiger partial charge in [0.15, 0.2) is 5.79 Å². The number of rotatable bonds is 6. The molecular formula is C16H26N2O5. The van der Waals surface area contributed by atoms with Gasteiger partial charge in [0.25, 0.3) is 0 Å². The predicted molar refractivity (Wildman–Crippen MR) is 83.6 cm³/mol. The molecule has 1 atom stereocenters. The average molecular weight is 326 g/mol. The van der Waals surface area contributed by atoms with E-state index >= 15 is 0 Å². The molecule has 2 amide bonds. The number of hydrogen-bond donors (Lipinski definition) is 1. The van der Waals surface area contributed by atoms with E-state index in [0.717, 1.165) is 0 Å². The fourth-order valence-corrected chi connectivity index (χ4v) is 3.08. The van der Waals surface area contributed by atoms with E-state index in [0.29, 0.717) is 33.0 Å². The van der Waals surface area contributed by atoms with Gasteiger partial charge in [-0.3, -0.25) is 9.59 Å². The number of nitrogens with zero attached hydrogens (tertiary/aromatic N) is 1. The van der Waals surface area contributed by atoms with Crippen LogP contribution in [-0.4, -0.2) is 69.1 Å². The molecule has 2 aliphatic heterocycles. The van der Waals surface area contributed by atoms with Crippen molar-refractivity contribution >= 4 is 11.8 Å². The molecule has 0 aromatic carbocycles. The van der Waals surface area contributed by atoms with Crippen molar-refractivity contribution in [2.75, 3.05) is 46.6 Å². The molecule has 0 aliphatic carbocycles. The van der Waals surface area contributed by atoms with Crippen LogP contribution in [0.3, 0.4) is 0 Å². The summed E-state index contributed by atoms with van der Waals surface area (Å²) in [6.07, 6.45) is 1.19. The quantitative estimate of drug-likeness (QED) is 0.704. The van der Waals surface area contributed by atoms with E-state index in [4.69, 9.17) is 14.2 Å². The zero-order chi connectivity index (χ0) is 17.1. The van der Waals surface area contributed by atoms with Crippen molar-refractivity contribution in [1.29, 1.82) is 0 Å². The summed E-state index contributed by atoms with van der Waals surface area (Å²) in [5.41, 5.74) is -0.266. The fraction of sp³-hybridized carbons (Fsp3) is 0.750. The standard InChI is InChI=1S/C16H26N2O5/c1-5-14(20)18(4)8-13(19)17-10-15(2,3)12-9-21-11-16(12)22-6-7-23-16/h5,12H,1,6-11H2,2-4H3,(H,17,19). The number of nitrogens with one attached hydrogen (secondary N) is 1. The topological polar surface area (TPSA) is 77.1 Å². The first kappa shape index (κ1) is 17.9. The number of likely N-dealkylation sites (N-methyl/N-ethyl adjacent to an activating group) is 1. The third kappa shape index (κ3) is 3.91. The molecule has 0 aromatic rings. The second kappa shape index (κ2) is 6.98. The minimum Gasteiger partial charge on any atom is -0.375 e. The van der Waals surface area contributed by atoms with Crippen molar-refractivity contribution in [1.82, 2.24) is 10.2 Å². The van der Waals surface area contributed by atoms with Crippen LogP contribution in [0, 0.1) is 11.3 Å². The van der Waals surface area contributed by atoms with Crippen LogP contribution < -0.4 is 5.32 Å². The first-order chi connectivity index (χ1) is 10.8. The highest BCUT2D eigenvalue weighted by Crippen LogP contribution is 2.44. The zero-order valence-electron chi connectivity index (χ0n) is 14.1. The van der Waals surface area contributed by atoms with E-state index in [1.165, 1.54) is 11.0 Å². The molecule has 1 N–H and O–H groups in total. The van der Waals surface area contributed by atoms with Crippen LogP contribution in [-0.2, 0) is 23.8 Å². The Labute approximate surface area is 136 Å². The molecule has 0 aromatic heterocycles. The molecule has 2 aliphatic rings. The van der Waals surface area contributed by atoms with Gasteiger partial charge in [-0.25, -0.2) is 0 Å². The van der Waals surface area contributed by atoms with Crippen LogP contribution in [0.25, 0.3) is 0 Å². The van der Waals surface area contributed by atoms with E-state index in [-0.39, 0.29) is 29.7 Å². The maximum atomic E-state index is 12.0. The summed E-state index contributed by atoms with van der Waals surface area (Å²) in [6.45, 7) is 10.1. The highest BCUT2D eigenvalue weighted by Gasteiger charge is 2.55. The fourth-order valence-electron chi connectivity index (χ4n) is 3.08. The maximum absolute atomic E-state index is 12.0. The largest absolute Gasteiger partial charge is 0.375 e. The Balaban J connectivity index is 1.89. The Morgan fingerprint density at radius 1 is 1.39 bits per heavy atom. The summed E-state index contributed by atoms with van der Waals surface area (Å²) in [7, 11) is 1.56. The van der Waals surface area contributed by atoms with Gasteiger partial charge in [-0.15, -0.1) is 0 Å². The van der Waals surface area contributed by atoms with Crippen molar-refractivity contribution in [3.8, 4) is 0 Å². The maximum Gasteiger partial charge on any atom is 0.246 e. The Kier molecular flexibility index (Phi) is 5.44. The third-order valence-electron chi connectivity index (χ3n) is 4.51. The minimum absolute atomic E-state index is 0.000241. The highest BCUT2D eigenvalue weighted by molar-refractivity contribution is 5.90. The minimum atomic E-state index is -0.691. The summed E-state index contributed by atoms with van der Waals surface area (Å²) in [6, 6.07) is 0. The Hall–Kier alpha value is -1.44. The molecule has 7 nitrogen and oxygen atoms in total. The monoisotopic (exact) mass is 326 g/mol. The summed E-state index contributed by atoms with van der Waals surface area (Å²) < 4.78 is 17.2. The van der Waals surface area contributed by atoms with Crippen LogP contribution in [0.1, 0.15) is 13.8 Å². The van der Waals surface area contributed by atoms with Gasteiger partial charge in [-0.1, -0.05) is 20.4 Å². The Morgan fingerprint density at radius 2 is 2.04 bits per heavy atom. The van der Waals surface area contributed by atoms with Crippen molar-refractivity contribution in [3.05, 3.63) is 12.7 Å². The number of amides is 2. The van der Waals surface area contributed by atoms with Gasteiger partial charge in [-0.2, -0.15) is 0 Å². The zero-order valence-corrected chi connectivity index (χ0v) is 14.1. The van der Waals surface area contributed by atoms with E-state index in [9.17, 15) is 9.59 Å². The summed E-state index contributed by atoms with van der Waals surface area (Å²) in [5, 5.41) is 2.88. The first-order valence-electron chi connectivity index (χ1n) is 7.80. The second-order valence-corrected chi connectivity index (χ2v) is 6.74. The lowest BCUT2D eigenvalue weighted by molar-refractivity contribution is -0.197. The highest BCUT2D eigenvalue weighted by atomic mass is 16.8. The molecule has 0 bridgehead atoms. The summed E-state index contributed by atoms with van der Waals surface area (Å²) >= 11 is 0. The Bertz CT molecular complexity index is 466. The lowest BCUT2D eigenvalue weighted by Crippen LogP contribution is -2.51. The molecule has 1 spiro atoms. The molecule has 7 heteroatoms. The van der Waals surface area contributed by atoms with Gasteiger partial charge >= 0.3 is 0 Å². The van der Waals surface area contributed by atoms with Gasteiger partial charge in [0.05, 0.1) is 26.4 Å². The van der Waals surface area contributed by atoms with E-state index in [1.54, 1.807) is 7.05 Å². The second-order valence-electron chi connectivity index (χ2n) is 6.74. The molecule has 2 fully saturated rings. The van der Waals surface area contributed by atoms with Crippen LogP contribution in [0.4, 0.5) is 0 Å². The third-order valence-corrected chi connectivity index (χ3v) is 4.51. The number of carbonyl (C=O) groups excluding carboxylic acids is 2. The predicted octanol–water partition coefficient (Wildman–Crippen LogP) is 0.163. The number of carbonyl (C=O) groups is 2. The number of ether oxygens (including phenoxy) is 3. The molecule has 23 heavy (non-hydrogen) atoms. The average Bonchev–Trinajstić information content (AvgIpc) is 3.15. The molecule has 2 heterocycles. The van der Waals surface area contributed by atoms with Gasteiger partial charge in [0.2, 0.25) is 11.8 Å². The van der Waals surface area contributed by atoms with Gasteiger partial charge in [0, 0.05) is 19.5 Å². The molecule has 0 saturated carbocycles. The summed E-state index contributed by atoms with van der Waals surface area (Å²) in [5.74, 6) is -1.15. The molecule has 1 unspecified atom stereocenters. The van der Waals surface area contributed by atoms with Crippen molar-refractivity contribution in [2.45, 2.75) is 19.6 Å². The van der Waals surface area contributed by atoms with Gasteiger partial charge in [0.1, 0.15) is 6.61 Å². The normalized spacial score (nSPS) is 23.0. The molecule has 130 valence electrons. The smallest absolute Gasteiger partial charge is 0.246 e. The van der Waals surface area contributed by atoms with Crippen LogP contribution >= 0.6 is 0 Å². The van der Waals surface area contributed by atoms with Crippen molar-refractivity contribution < 1.29 is 23.8 Å². The SMILES string of the molecule is C=CC(=O)N(C)CC(=O)NCC(C)(C)C1COCC12OCCO2. The molecule has 0 radical (unpaired) electrons. The Morgan fingerprint density at radius 3 is 2.65 bits per heavy atom. The summed E-state index contributed by atoms with van der Waals surface area (Å²) in [4.78, 5) is 24.7. The van der Waals surface area contributed by atoms with E-state index in [1.807, 2.05) is 0 Å². The molecular weight excluding hydrogens is 300 g/mol.